The van der Waals surface area contributed by atoms with Crippen LogP contribution in [0.1, 0.15) is 16.7 Å². The Morgan fingerprint density at radius 2 is 1.58 bits per heavy atom. The zero-order valence-corrected chi connectivity index (χ0v) is 21.5. The average Bonchev–Trinajstić information content (AvgIpc) is 2.91. The first-order valence-corrected chi connectivity index (χ1v) is 12.5. The van der Waals surface area contributed by atoms with E-state index < -0.39 is 11.8 Å². The molecule has 0 spiro atoms. The number of aromatic hydroxyl groups is 1. The van der Waals surface area contributed by atoms with Crippen LogP contribution in [-0.2, 0) is 16.0 Å². The second-order valence-electron chi connectivity index (χ2n) is 8.53. The number of carbonyl (C=O) groups excluding carboxylic acids is 2. The van der Waals surface area contributed by atoms with Gasteiger partial charge in [0.15, 0.2) is 5.11 Å². The molecule has 0 unspecified atom stereocenters. The van der Waals surface area contributed by atoms with Crippen LogP contribution in [0.15, 0.2) is 103 Å². The summed E-state index contributed by atoms with van der Waals surface area (Å²) < 4.78 is 5.81. The molecule has 2 amide bonds. The van der Waals surface area contributed by atoms with Crippen LogP contribution in [-0.4, -0.2) is 22.0 Å². The molecule has 0 saturated carbocycles. The molecule has 6 nitrogen and oxygen atoms in total. The van der Waals surface area contributed by atoms with E-state index in [1.54, 1.807) is 36.4 Å². The predicted octanol–water partition coefficient (Wildman–Crippen LogP) is 6.26. The maximum atomic E-state index is 13.4. The van der Waals surface area contributed by atoms with Crippen molar-refractivity contribution in [3.8, 4) is 17.2 Å². The van der Waals surface area contributed by atoms with Gasteiger partial charge in [0.2, 0.25) is 0 Å². The van der Waals surface area contributed by atoms with Crippen molar-refractivity contribution in [3.05, 3.63) is 124 Å². The largest absolute Gasteiger partial charge is 0.507 e. The number of benzene rings is 4. The highest BCUT2D eigenvalue weighted by Gasteiger charge is 2.34. The number of amides is 2. The van der Waals surface area contributed by atoms with Gasteiger partial charge in [-0.25, -0.2) is 0 Å². The third-order valence-corrected chi connectivity index (χ3v) is 6.57. The fourth-order valence-electron chi connectivity index (χ4n) is 4.03. The average molecular weight is 541 g/mol. The number of nitrogens with one attached hydrogen (secondary N) is 1. The smallest absolute Gasteiger partial charge is 0.270 e. The summed E-state index contributed by atoms with van der Waals surface area (Å²) in [5, 5.41) is 13.6. The van der Waals surface area contributed by atoms with Gasteiger partial charge in [-0.2, -0.15) is 0 Å². The van der Waals surface area contributed by atoms with Crippen LogP contribution in [0.2, 0.25) is 5.02 Å². The van der Waals surface area contributed by atoms with Gasteiger partial charge < -0.3 is 9.84 Å². The number of anilines is 1. The molecule has 0 aromatic heterocycles. The van der Waals surface area contributed by atoms with Gasteiger partial charge >= 0.3 is 0 Å². The topological polar surface area (TPSA) is 78.9 Å². The quantitative estimate of drug-likeness (QED) is 0.171. The second-order valence-corrected chi connectivity index (χ2v) is 9.32. The number of hydrogen-bond donors (Lipinski definition) is 2. The highest BCUT2D eigenvalue weighted by atomic mass is 35.5. The van der Waals surface area contributed by atoms with Gasteiger partial charge in [0.05, 0.1) is 5.69 Å². The standard InChI is InChI=1S/C30H21ClN2O4S/c31-26-9-5-4-6-20(26)16-19-10-15-27(34)21(17-19)18-25-28(35)32-30(38)33(29(25)36)22-11-13-24(14-12-22)37-23-7-2-1-3-8-23/h1-15,17-18,34H,16H2,(H,32,35,38)/b25-18+. The zero-order chi connectivity index (χ0) is 26.6. The molecule has 1 fully saturated rings. The number of hydrogen-bond acceptors (Lipinski definition) is 5. The van der Waals surface area contributed by atoms with Gasteiger partial charge in [0.1, 0.15) is 22.8 Å². The van der Waals surface area contributed by atoms with E-state index in [2.05, 4.69) is 5.32 Å². The Labute approximate surface area is 229 Å². The van der Waals surface area contributed by atoms with Gasteiger partial charge in [-0.05, 0) is 90.4 Å². The molecule has 1 saturated heterocycles. The fraction of sp³-hybridized carbons (Fsp3) is 0.0333. The van der Waals surface area contributed by atoms with Gasteiger partial charge in [-0.1, -0.05) is 54.1 Å². The molecular weight excluding hydrogens is 520 g/mol. The molecule has 188 valence electrons. The molecular formula is C30H21ClN2O4S. The van der Waals surface area contributed by atoms with Gasteiger partial charge in [-0.15, -0.1) is 0 Å². The normalized spacial score (nSPS) is 14.5. The lowest BCUT2D eigenvalue weighted by molar-refractivity contribution is -0.122. The van der Waals surface area contributed by atoms with E-state index in [9.17, 15) is 14.7 Å². The molecule has 1 heterocycles. The van der Waals surface area contributed by atoms with Crippen molar-refractivity contribution < 1.29 is 19.4 Å². The van der Waals surface area contributed by atoms with Crippen molar-refractivity contribution in [2.45, 2.75) is 6.42 Å². The summed E-state index contributed by atoms with van der Waals surface area (Å²) in [6.07, 6.45) is 1.88. The van der Waals surface area contributed by atoms with E-state index in [1.165, 1.54) is 17.0 Å². The summed E-state index contributed by atoms with van der Waals surface area (Å²) in [7, 11) is 0. The molecule has 1 aliphatic heterocycles. The third kappa shape index (κ3) is 5.44. The Kier molecular flexibility index (Phi) is 7.22. The summed E-state index contributed by atoms with van der Waals surface area (Å²) in [6, 6.07) is 28.6. The first kappa shape index (κ1) is 25.2. The van der Waals surface area contributed by atoms with E-state index in [0.29, 0.717) is 34.2 Å². The first-order chi connectivity index (χ1) is 18.4. The molecule has 4 aromatic rings. The number of phenolic OH excluding ortho intramolecular Hbond substituents is 1. The fourth-order valence-corrected chi connectivity index (χ4v) is 4.51. The van der Waals surface area contributed by atoms with Crippen molar-refractivity contribution in [2.75, 3.05) is 4.90 Å². The second kappa shape index (κ2) is 10.9. The van der Waals surface area contributed by atoms with Crippen LogP contribution in [0.25, 0.3) is 6.08 Å². The number of nitrogens with zero attached hydrogens (tertiary/aromatic N) is 1. The van der Waals surface area contributed by atoms with E-state index in [4.69, 9.17) is 28.6 Å². The summed E-state index contributed by atoms with van der Waals surface area (Å²) in [6.45, 7) is 0. The number of carbonyl (C=O) groups is 2. The minimum absolute atomic E-state index is 0.0365. The molecule has 1 aliphatic rings. The number of rotatable bonds is 6. The Hall–Kier alpha value is -4.46. The molecule has 0 bridgehead atoms. The van der Waals surface area contributed by atoms with Crippen LogP contribution in [0.5, 0.6) is 17.2 Å². The molecule has 4 aromatic carbocycles. The van der Waals surface area contributed by atoms with Crippen molar-refractivity contribution in [2.24, 2.45) is 0 Å². The molecule has 2 N–H and O–H groups in total. The lowest BCUT2D eigenvalue weighted by Gasteiger charge is -2.29. The first-order valence-electron chi connectivity index (χ1n) is 11.7. The Balaban J connectivity index is 1.41. The molecule has 8 heteroatoms. The monoisotopic (exact) mass is 540 g/mol. The van der Waals surface area contributed by atoms with E-state index in [0.717, 1.165) is 11.1 Å². The molecule has 0 radical (unpaired) electrons. The van der Waals surface area contributed by atoms with Crippen LogP contribution in [0.4, 0.5) is 5.69 Å². The number of thiocarbonyl (C=S) groups is 1. The Bertz CT molecular complexity index is 1570. The zero-order valence-electron chi connectivity index (χ0n) is 19.9. The molecule has 0 aliphatic carbocycles. The number of ether oxygens (including phenoxy) is 1. The minimum Gasteiger partial charge on any atom is -0.507 e. The van der Waals surface area contributed by atoms with Crippen LogP contribution >= 0.6 is 23.8 Å². The van der Waals surface area contributed by atoms with Crippen LogP contribution in [0.3, 0.4) is 0 Å². The van der Waals surface area contributed by atoms with Crippen LogP contribution in [0, 0.1) is 0 Å². The summed E-state index contributed by atoms with van der Waals surface area (Å²) in [4.78, 5) is 27.4. The maximum Gasteiger partial charge on any atom is 0.270 e. The SMILES string of the molecule is O=C1NC(=S)N(c2ccc(Oc3ccccc3)cc2)C(=O)/C1=C/c1cc(Cc2ccccc2Cl)ccc1O. The van der Waals surface area contributed by atoms with Crippen LogP contribution < -0.4 is 15.0 Å². The summed E-state index contributed by atoms with van der Waals surface area (Å²) >= 11 is 11.6. The van der Waals surface area contributed by atoms with Crippen molar-refractivity contribution >= 4 is 52.5 Å². The highest BCUT2D eigenvalue weighted by molar-refractivity contribution is 7.80. The van der Waals surface area contributed by atoms with Gasteiger partial charge in [0, 0.05) is 10.6 Å². The summed E-state index contributed by atoms with van der Waals surface area (Å²) in [5.74, 6) is -0.0556. The third-order valence-electron chi connectivity index (χ3n) is 5.92. The van der Waals surface area contributed by atoms with Crippen molar-refractivity contribution in [1.82, 2.24) is 5.32 Å². The Morgan fingerprint density at radius 1 is 0.895 bits per heavy atom. The predicted molar refractivity (Wildman–Crippen MR) is 152 cm³/mol. The maximum absolute atomic E-state index is 13.4. The van der Waals surface area contributed by atoms with E-state index in [1.807, 2.05) is 54.6 Å². The lowest BCUT2D eigenvalue weighted by atomic mass is 10.00. The van der Waals surface area contributed by atoms with Gasteiger partial charge in [0.25, 0.3) is 11.8 Å². The van der Waals surface area contributed by atoms with Crippen molar-refractivity contribution in [1.29, 1.82) is 0 Å². The Morgan fingerprint density at radius 3 is 2.32 bits per heavy atom. The summed E-state index contributed by atoms with van der Waals surface area (Å²) in [5.41, 5.74) is 2.40. The highest BCUT2D eigenvalue weighted by Crippen LogP contribution is 2.29. The number of phenols is 1. The minimum atomic E-state index is -0.642. The number of halogens is 1. The van der Waals surface area contributed by atoms with Gasteiger partial charge in [-0.3, -0.25) is 19.8 Å². The van der Waals surface area contributed by atoms with E-state index in [-0.39, 0.29) is 16.4 Å². The number of para-hydroxylation sites is 1. The molecule has 38 heavy (non-hydrogen) atoms. The molecule has 0 atom stereocenters. The lowest BCUT2D eigenvalue weighted by Crippen LogP contribution is -2.54. The van der Waals surface area contributed by atoms with E-state index >= 15 is 0 Å². The molecule has 5 rings (SSSR count). The van der Waals surface area contributed by atoms with Crippen molar-refractivity contribution in [3.63, 3.8) is 0 Å².